The largest absolute Gasteiger partial charge is 0.355 e. The lowest BCUT2D eigenvalue weighted by Gasteiger charge is -2.12. The summed E-state index contributed by atoms with van der Waals surface area (Å²) in [6.07, 6.45) is 0. The topological polar surface area (TPSA) is 12.0 Å². The van der Waals surface area contributed by atoms with E-state index in [1.165, 1.54) is 44.2 Å². The molecule has 0 radical (unpaired) electrons. The zero-order valence-corrected chi connectivity index (χ0v) is 15.9. The van der Waals surface area contributed by atoms with Crippen LogP contribution in [0.5, 0.6) is 0 Å². The van der Waals surface area contributed by atoms with Gasteiger partial charge in [-0.05, 0) is 57.0 Å². The molecule has 0 unspecified atom stereocenters. The second-order valence-corrected chi connectivity index (χ2v) is 7.50. The maximum absolute atomic E-state index is 3.63. The third kappa shape index (κ3) is 2.55. The van der Waals surface area contributed by atoms with Crippen LogP contribution in [-0.4, -0.2) is 0 Å². The predicted molar refractivity (Wildman–Crippen MR) is 124 cm³/mol. The molecule has 1 nitrogen and oxygen atoms in total. The molecule has 0 heterocycles. The standard InChI is InChI=1S/C28H19N/c1-2-7-19(8-3-1)20-13-15-21(16-14-20)29-27-18-17-25-23-10-5-4-9-22(23)24-11-6-12-26(27)28(24)25/h1-18,29H. The van der Waals surface area contributed by atoms with E-state index < -0.39 is 0 Å². The molecule has 29 heavy (non-hydrogen) atoms. The van der Waals surface area contributed by atoms with E-state index in [1.54, 1.807) is 0 Å². The van der Waals surface area contributed by atoms with Crippen LogP contribution in [0, 0.1) is 0 Å². The summed E-state index contributed by atoms with van der Waals surface area (Å²) in [7, 11) is 0. The molecular weight excluding hydrogens is 350 g/mol. The molecule has 0 bridgehead atoms. The van der Waals surface area contributed by atoms with Gasteiger partial charge in [0.1, 0.15) is 0 Å². The van der Waals surface area contributed by atoms with E-state index in [0.717, 1.165) is 11.4 Å². The summed E-state index contributed by atoms with van der Waals surface area (Å²) in [5.41, 5.74) is 10.0. The minimum absolute atomic E-state index is 1.10. The van der Waals surface area contributed by atoms with Crippen LogP contribution >= 0.6 is 0 Å². The molecule has 5 aromatic carbocycles. The molecule has 0 aliphatic heterocycles. The molecule has 0 aromatic heterocycles. The van der Waals surface area contributed by atoms with Crippen LogP contribution < -0.4 is 5.32 Å². The molecule has 6 rings (SSSR count). The second kappa shape index (κ2) is 6.35. The van der Waals surface area contributed by atoms with Crippen molar-refractivity contribution in [2.75, 3.05) is 5.32 Å². The third-order valence-corrected chi connectivity index (χ3v) is 5.82. The van der Waals surface area contributed by atoms with Crippen LogP contribution in [0.1, 0.15) is 0 Å². The Hall–Kier alpha value is -3.84. The summed E-state index contributed by atoms with van der Waals surface area (Å²) in [4.78, 5) is 0. The van der Waals surface area contributed by atoms with E-state index in [0.29, 0.717) is 0 Å². The Kier molecular flexibility index (Phi) is 3.54. The van der Waals surface area contributed by atoms with Gasteiger partial charge in [0.2, 0.25) is 0 Å². The molecule has 0 fully saturated rings. The minimum atomic E-state index is 1.10. The van der Waals surface area contributed by atoms with Crippen molar-refractivity contribution in [1.82, 2.24) is 0 Å². The van der Waals surface area contributed by atoms with Gasteiger partial charge in [-0.3, -0.25) is 0 Å². The maximum Gasteiger partial charge on any atom is 0.0464 e. The van der Waals surface area contributed by atoms with E-state index >= 15 is 0 Å². The lowest BCUT2D eigenvalue weighted by molar-refractivity contribution is 1.56. The molecular formula is C28H19N. The first-order valence-corrected chi connectivity index (χ1v) is 9.96. The van der Waals surface area contributed by atoms with Gasteiger partial charge in [-0.1, -0.05) is 91.0 Å². The van der Waals surface area contributed by atoms with Crippen molar-refractivity contribution in [2.45, 2.75) is 0 Å². The van der Waals surface area contributed by atoms with Crippen molar-refractivity contribution in [3.8, 4) is 33.4 Å². The fourth-order valence-corrected chi connectivity index (χ4v) is 4.45. The Labute approximate surface area is 170 Å². The van der Waals surface area contributed by atoms with Crippen LogP contribution in [0.4, 0.5) is 11.4 Å². The fraction of sp³-hybridized carbons (Fsp3) is 0. The number of anilines is 2. The minimum Gasteiger partial charge on any atom is -0.355 e. The molecule has 0 spiro atoms. The highest BCUT2D eigenvalue weighted by Gasteiger charge is 2.21. The van der Waals surface area contributed by atoms with Crippen LogP contribution in [-0.2, 0) is 0 Å². The molecule has 0 saturated carbocycles. The number of rotatable bonds is 3. The van der Waals surface area contributed by atoms with Gasteiger partial charge in [-0.2, -0.15) is 0 Å². The van der Waals surface area contributed by atoms with Gasteiger partial charge in [-0.25, -0.2) is 0 Å². The van der Waals surface area contributed by atoms with Crippen molar-refractivity contribution < 1.29 is 0 Å². The van der Waals surface area contributed by atoms with Crippen molar-refractivity contribution >= 4 is 22.1 Å². The van der Waals surface area contributed by atoms with Crippen molar-refractivity contribution in [3.63, 3.8) is 0 Å². The van der Waals surface area contributed by atoms with Crippen molar-refractivity contribution in [3.05, 3.63) is 109 Å². The lowest BCUT2D eigenvalue weighted by Crippen LogP contribution is -1.92. The van der Waals surface area contributed by atoms with E-state index in [2.05, 4.69) is 108 Å². The van der Waals surface area contributed by atoms with Gasteiger partial charge in [0.15, 0.2) is 0 Å². The summed E-state index contributed by atoms with van der Waals surface area (Å²) in [6.45, 7) is 0. The number of hydrogen-bond acceptors (Lipinski definition) is 1. The first kappa shape index (κ1) is 16.1. The second-order valence-electron chi connectivity index (χ2n) is 7.50. The van der Waals surface area contributed by atoms with Crippen LogP contribution in [0.2, 0.25) is 0 Å². The fourth-order valence-electron chi connectivity index (χ4n) is 4.45. The normalized spacial score (nSPS) is 11.4. The average molecular weight is 369 g/mol. The summed E-state index contributed by atoms with van der Waals surface area (Å²) in [5, 5.41) is 6.25. The Bertz CT molecular complexity index is 1320. The molecule has 5 aromatic rings. The van der Waals surface area contributed by atoms with Crippen LogP contribution in [0.15, 0.2) is 109 Å². The highest BCUT2D eigenvalue weighted by atomic mass is 14.9. The molecule has 1 aliphatic carbocycles. The Morgan fingerprint density at radius 1 is 0.414 bits per heavy atom. The molecule has 0 amide bonds. The van der Waals surface area contributed by atoms with Crippen molar-refractivity contribution in [2.24, 2.45) is 0 Å². The summed E-state index contributed by atoms with van der Waals surface area (Å²) in [6, 6.07) is 38.9. The number of benzene rings is 5. The molecule has 1 N–H and O–H groups in total. The van der Waals surface area contributed by atoms with E-state index in [1.807, 2.05) is 6.07 Å². The van der Waals surface area contributed by atoms with Gasteiger partial charge in [0, 0.05) is 16.8 Å². The summed E-state index contributed by atoms with van der Waals surface area (Å²) >= 11 is 0. The molecule has 1 heteroatoms. The van der Waals surface area contributed by atoms with E-state index in [4.69, 9.17) is 0 Å². The highest BCUT2D eigenvalue weighted by Crippen LogP contribution is 2.48. The van der Waals surface area contributed by atoms with E-state index in [-0.39, 0.29) is 0 Å². The predicted octanol–water partition coefficient (Wildman–Crippen LogP) is 7.90. The highest BCUT2D eigenvalue weighted by molar-refractivity contribution is 6.18. The van der Waals surface area contributed by atoms with Gasteiger partial charge >= 0.3 is 0 Å². The smallest absolute Gasteiger partial charge is 0.0464 e. The number of hydrogen-bond donors (Lipinski definition) is 1. The van der Waals surface area contributed by atoms with Crippen LogP contribution in [0.25, 0.3) is 44.2 Å². The first-order valence-electron chi connectivity index (χ1n) is 9.96. The molecule has 136 valence electrons. The summed E-state index contributed by atoms with van der Waals surface area (Å²) in [5.74, 6) is 0. The SMILES string of the molecule is c1ccc(-c2ccc(Nc3ccc4c5c(cccc35)-c3ccccc3-4)cc2)cc1. The molecule has 0 atom stereocenters. The Morgan fingerprint density at radius 2 is 1.03 bits per heavy atom. The average Bonchev–Trinajstić information content (AvgIpc) is 3.12. The van der Waals surface area contributed by atoms with Gasteiger partial charge in [-0.15, -0.1) is 0 Å². The molecule has 1 aliphatic rings. The van der Waals surface area contributed by atoms with Gasteiger partial charge < -0.3 is 5.32 Å². The first-order chi connectivity index (χ1) is 14.4. The Balaban J connectivity index is 1.40. The zero-order valence-electron chi connectivity index (χ0n) is 15.9. The monoisotopic (exact) mass is 369 g/mol. The number of fused-ring (bicyclic) bond motifs is 3. The molecule has 0 saturated heterocycles. The third-order valence-electron chi connectivity index (χ3n) is 5.82. The van der Waals surface area contributed by atoms with Crippen LogP contribution in [0.3, 0.4) is 0 Å². The van der Waals surface area contributed by atoms with E-state index in [9.17, 15) is 0 Å². The van der Waals surface area contributed by atoms with Crippen molar-refractivity contribution in [1.29, 1.82) is 0 Å². The van der Waals surface area contributed by atoms with Gasteiger partial charge in [0.25, 0.3) is 0 Å². The Morgan fingerprint density at radius 3 is 1.79 bits per heavy atom. The maximum atomic E-state index is 3.63. The zero-order chi connectivity index (χ0) is 19.2. The quantitative estimate of drug-likeness (QED) is 0.334. The lowest BCUT2D eigenvalue weighted by atomic mass is 10.0. The van der Waals surface area contributed by atoms with Gasteiger partial charge in [0.05, 0.1) is 0 Å². The number of nitrogens with one attached hydrogen (secondary N) is 1. The summed E-state index contributed by atoms with van der Waals surface area (Å²) < 4.78 is 0.